The van der Waals surface area contributed by atoms with Crippen LogP contribution in [0.2, 0.25) is 15.1 Å². The van der Waals surface area contributed by atoms with Gasteiger partial charge in [-0.3, -0.25) is 0 Å². The van der Waals surface area contributed by atoms with Gasteiger partial charge < -0.3 is 4.74 Å². The first-order valence-electron chi connectivity index (χ1n) is 6.45. The predicted octanol–water partition coefficient (Wildman–Crippen LogP) is 6.68. The average Bonchev–Trinajstić information content (AvgIpc) is 2.41. The van der Waals surface area contributed by atoms with E-state index >= 15 is 0 Å². The van der Waals surface area contributed by atoms with Crippen LogP contribution in [0.4, 0.5) is 0 Å². The summed E-state index contributed by atoms with van der Waals surface area (Å²) in [6.07, 6.45) is 0. The normalized spacial score (nSPS) is 12.3. The van der Waals surface area contributed by atoms with Crippen LogP contribution in [0, 0.1) is 6.92 Å². The monoisotopic (exact) mass is 362 g/mol. The van der Waals surface area contributed by atoms with Gasteiger partial charge in [0.2, 0.25) is 0 Å². The third kappa shape index (κ3) is 3.98. The summed E-state index contributed by atoms with van der Waals surface area (Å²) in [6, 6.07) is 9.11. The van der Waals surface area contributed by atoms with Gasteiger partial charge in [0.15, 0.2) is 0 Å². The van der Waals surface area contributed by atoms with Crippen molar-refractivity contribution in [1.29, 1.82) is 0 Å². The number of halogens is 4. The van der Waals surface area contributed by atoms with Crippen LogP contribution < -0.4 is 4.74 Å². The highest BCUT2D eigenvalue weighted by Crippen LogP contribution is 2.40. The Morgan fingerprint density at radius 2 is 1.71 bits per heavy atom. The Bertz CT molecular complexity index is 635. The van der Waals surface area contributed by atoms with Crippen LogP contribution in [0.3, 0.4) is 0 Å². The number of alkyl halides is 1. The van der Waals surface area contributed by atoms with Crippen LogP contribution in [0.25, 0.3) is 0 Å². The molecule has 0 amide bonds. The number of benzene rings is 2. The van der Waals surface area contributed by atoms with E-state index < -0.39 is 5.38 Å². The first-order chi connectivity index (χ1) is 9.92. The molecule has 0 saturated carbocycles. The fraction of sp³-hybridized carbons (Fsp3) is 0.250. The fourth-order valence-corrected chi connectivity index (χ4v) is 3.24. The SMILES string of the molecule is CCOc1cc(Cl)c(C(Cl)c2cc(C)cc(Cl)c2)cc1Cl. The van der Waals surface area contributed by atoms with Crippen molar-refractivity contribution in [2.45, 2.75) is 19.2 Å². The van der Waals surface area contributed by atoms with Gasteiger partial charge in [0, 0.05) is 16.1 Å². The van der Waals surface area contributed by atoms with Gasteiger partial charge in [-0.1, -0.05) is 40.9 Å². The first kappa shape index (κ1) is 16.8. The summed E-state index contributed by atoms with van der Waals surface area (Å²) in [5.41, 5.74) is 2.65. The molecule has 0 spiro atoms. The summed E-state index contributed by atoms with van der Waals surface area (Å²) in [4.78, 5) is 0. The maximum Gasteiger partial charge on any atom is 0.139 e. The van der Waals surface area contributed by atoms with Gasteiger partial charge in [0.25, 0.3) is 0 Å². The van der Waals surface area contributed by atoms with E-state index in [4.69, 9.17) is 51.1 Å². The number of rotatable bonds is 4. The number of aryl methyl sites for hydroxylation is 1. The van der Waals surface area contributed by atoms with Crippen LogP contribution in [-0.2, 0) is 0 Å². The Balaban J connectivity index is 2.43. The maximum atomic E-state index is 6.54. The molecule has 0 aliphatic heterocycles. The van der Waals surface area contributed by atoms with E-state index in [9.17, 15) is 0 Å². The summed E-state index contributed by atoms with van der Waals surface area (Å²) >= 11 is 25.1. The zero-order valence-corrected chi connectivity index (χ0v) is 14.6. The molecule has 0 aliphatic carbocycles. The number of ether oxygens (including phenoxy) is 1. The lowest BCUT2D eigenvalue weighted by Crippen LogP contribution is -1.98. The van der Waals surface area contributed by atoms with Gasteiger partial charge in [-0.15, -0.1) is 11.6 Å². The lowest BCUT2D eigenvalue weighted by Gasteiger charge is -2.16. The third-order valence-corrected chi connectivity index (χ3v) is 4.31. The quantitative estimate of drug-likeness (QED) is 0.550. The molecule has 2 aromatic rings. The van der Waals surface area contributed by atoms with Gasteiger partial charge in [-0.2, -0.15) is 0 Å². The molecule has 2 aromatic carbocycles. The summed E-state index contributed by atoms with van der Waals surface area (Å²) in [7, 11) is 0. The zero-order valence-electron chi connectivity index (χ0n) is 11.6. The van der Waals surface area contributed by atoms with Crippen molar-refractivity contribution in [3.05, 3.63) is 62.1 Å². The second-order valence-electron chi connectivity index (χ2n) is 4.66. The van der Waals surface area contributed by atoms with Crippen molar-refractivity contribution < 1.29 is 4.74 Å². The topological polar surface area (TPSA) is 9.23 Å². The highest BCUT2D eigenvalue weighted by Gasteiger charge is 2.18. The first-order valence-corrected chi connectivity index (χ1v) is 8.02. The second kappa shape index (κ2) is 7.11. The Morgan fingerprint density at radius 3 is 2.33 bits per heavy atom. The van der Waals surface area contributed by atoms with E-state index in [1.54, 1.807) is 12.1 Å². The molecule has 1 nitrogen and oxygen atoms in total. The van der Waals surface area contributed by atoms with Crippen molar-refractivity contribution in [2.75, 3.05) is 6.61 Å². The Morgan fingerprint density at radius 1 is 1.00 bits per heavy atom. The minimum absolute atomic E-state index is 0.428. The highest BCUT2D eigenvalue weighted by molar-refractivity contribution is 6.36. The van der Waals surface area contributed by atoms with E-state index in [-0.39, 0.29) is 0 Å². The van der Waals surface area contributed by atoms with Crippen molar-refractivity contribution in [3.8, 4) is 5.75 Å². The molecule has 5 heteroatoms. The van der Waals surface area contributed by atoms with Crippen molar-refractivity contribution in [2.24, 2.45) is 0 Å². The molecular weight excluding hydrogens is 350 g/mol. The summed E-state index contributed by atoms with van der Waals surface area (Å²) < 4.78 is 5.42. The Hall–Kier alpha value is -0.600. The van der Waals surface area contributed by atoms with Gasteiger partial charge >= 0.3 is 0 Å². The fourth-order valence-electron chi connectivity index (χ4n) is 2.09. The molecule has 0 aromatic heterocycles. The minimum atomic E-state index is -0.428. The van der Waals surface area contributed by atoms with Crippen LogP contribution in [-0.4, -0.2) is 6.61 Å². The molecule has 0 radical (unpaired) electrons. The molecule has 0 fully saturated rings. The summed E-state index contributed by atoms with van der Waals surface area (Å²) in [5, 5.41) is 1.22. The van der Waals surface area contributed by atoms with Crippen LogP contribution in [0.1, 0.15) is 29.0 Å². The van der Waals surface area contributed by atoms with Crippen molar-refractivity contribution in [1.82, 2.24) is 0 Å². The predicted molar refractivity (Wildman–Crippen MR) is 91.5 cm³/mol. The maximum absolute atomic E-state index is 6.54. The van der Waals surface area contributed by atoms with Crippen LogP contribution in [0.5, 0.6) is 5.75 Å². The molecule has 2 rings (SSSR count). The van der Waals surface area contributed by atoms with Gasteiger partial charge in [-0.25, -0.2) is 0 Å². The molecule has 0 bridgehead atoms. The van der Waals surface area contributed by atoms with Crippen molar-refractivity contribution in [3.63, 3.8) is 0 Å². The highest BCUT2D eigenvalue weighted by atomic mass is 35.5. The molecule has 1 unspecified atom stereocenters. The average molecular weight is 364 g/mol. The third-order valence-electron chi connectivity index (χ3n) is 2.98. The molecule has 0 saturated heterocycles. The Labute approximate surface area is 144 Å². The summed E-state index contributed by atoms with van der Waals surface area (Å²) in [6.45, 7) is 4.37. The molecule has 0 N–H and O–H groups in total. The largest absolute Gasteiger partial charge is 0.492 e. The van der Waals surface area contributed by atoms with Gasteiger partial charge in [0.1, 0.15) is 5.75 Å². The van der Waals surface area contributed by atoms with Crippen LogP contribution in [0.15, 0.2) is 30.3 Å². The standard InChI is InChI=1S/C16H14Cl4O/c1-3-21-15-8-13(18)12(7-14(15)19)16(20)10-4-9(2)5-11(17)6-10/h4-8,16H,3H2,1-2H3. The van der Waals surface area contributed by atoms with E-state index in [0.717, 1.165) is 16.7 Å². The molecule has 112 valence electrons. The van der Waals surface area contributed by atoms with Gasteiger partial charge in [-0.05, 0) is 48.7 Å². The number of hydrogen-bond donors (Lipinski definition) is 0. The van der Waals surface area contributed by atoms with E-state index in [1.807, 2.05) is 32.0 Å². The molecule has 0 heterocycles. The zero-order chi connectivity index (χ0) is 15.6. The molecule has 1 atom stereocenters. The van der Waals surface area contributed by atoms with E-state index in [0.29, 0.717) is 27.4 Å². The van der Waals surface area contributed by atoms with Crippen LogP contribution >= 0.6 is 46.4 Å². The van der Waals surface area contributed by atoms with E-state index in [1.165, 1.54) is 0 Å². The number of hydrogen-bond acceptors (Lipinski definition) is 1. The molecule has 21 heavy (non-hydrogen) atoms. The van der Waals surface area contributed by atoms with Crippen molar-refractivity contribution >= 4 is 46.4 Å². The van der Waals surface area contributed by atoms with Gasteiger partial charge in [0.05, 0.1) is 17.0 Å². The lowest BCUT2D eigenvalue weighted by atomic mass is 10.0. The smallest absolute Gasteiger partial charge is 0.139 e. The summed E-state index contributed by atoms with van der Waals surface area (Å²) in [5.74, 6) is 0.555. The molecular formula is C16H14Cl4O. The lowest BCUT2D eigenvalue weighted by molar-refractivity contribution is 0.340. The second-order valence-corrected chi connectivity index (χ2v) is 6.35. The minimum Gasteiger partial charge on any atom is -0.492 e. The Kier molecular flexibility index (Phi) is 5.67. The van der Waals surface area contributed by atoms with E-state index in [2.05, 4.69) is 0 Å². The molecule has 0 aliphatic rings.